The standard InChI is InChI=1S/C18H26FN3O.2ClH/c19-15-5-3-14(4-6-15)13-22-10-7-16(8-11-22)21-18(23)12-17-2-1-9-20-17;;/h3-6,16-17,20H,1-2,7-13H2,(H,21,23);2*1H. The molecule has 4 nitrogen and oxygen atoms in total. The van der Waals surface area contributed by atoms with Crippen molar-refractivity contribution in [1.29, 1.82) is 0 Å². The van der Waals surface area contributed by atoms with Crippen LogP contribution in [-0.4, -0.2) is 42.5 Å². The van der Waals surface area contributed by atoms with Crippen LogP contribution in [0.1, 0.15) is 37.7 Å². The first-order valence-electron chi connectivity index (χ1n) is 8.68. The maximum absolute atomic E-state index is 12.9. The van der Waals surface area contributed by atoms with Crippen molar-refractivity contribution < 1.29 is 9.18 Å². The minimum Gasteiger partial charge on any atom is -0.353 e. The van der Waals surface area contributed by atoms with Crippen molar-refractivity contribution in [2.75, 3.05) is 19.6 Å². The molecule has 1 amide bonds. The summed E-state index contributed by atoms with van der Waals surface area (Å²) in [5.74, 6) is -0.00620. The third-order valence-corrected chi connectivity index (χ3v) is 4.87. The van der Waals surface area contributed by atoms with Crippen LogP contribution in [0, 0.1) is 5.82 Å². The molecule has 1 aromatic rings. The van der Waals surface area contributed by atoms with Crippen LogP contribution in [0.2, 0.25) is 0 Å². The Balaban J connectivity index is 0.00000156. The summed E-state index contributed by atoms with van der Waals surface area (Å²) in [6, 6.07) is 7.39. The number of piperidine rings is 1. The molecule has 2 saturated heterocycles. The molecule has 2 heterocycles. The molecule has 0 saturated carbocycles. The summed E-state index contributed by atoms with van der Waals surface area (Å²) in [6.45, 7) is 3.85. The minimum atomic E-state index is -0.188. The summed E-state index contributed by atoms with van der Waals surface area (Å²) in [7, 11) is 0. The number of hydrogen-bond donors (Lipinski definition) is 2. The van der Waals surface area contributed by atoms with E-state index in [0.717, 1.165) is 51.0 Å². The molecule has 0 bridgehead atoms. The number of likely N-dealkylation sites (tertiary alicyclic amines) is 1. The second kappa shape index (κ2) is 11.0. The molecule has 2 aliphatic heterocycles. The van der Waals surface area contributed by atoms with Crippen molar-refractivity contribution in [3.05, 3.63) is 35.6 Å². The lowest BCUT2D eigenvalue weighted by molar-refractivity contribution is -0.122. The van der Waals surface area contributed by atoms with Gasteiger partial charge in [-0.1, -0.05) is 12.1 Å². The Hall–Kier alpha value is -0.880. The molecule has 2 fully saturated rings. The molecular weight excluding hydrogens is 364 g/mol. The first-order chi connectivity index (χ1) is 11.2. The Labute approximate surface area is 161 Å². The van der Waals surface area contributed by atoms with Gasteiger partial charge in [-0.2, -0.15) is 0 Å². The van der Waals surface area contributed by atoms with Crippen molar-refractivity contribution in [2.24, 2.45) is 0 Å². The number of carbonyl (C=O) groups is 1. The van der Waals surface area contributed by atoms with E-state index < -0.39 is 0 Å². The predicted molar refractivity (Wildman–Crippen MR) is 103 cm³/mol. The van der Waals surface area contributed by atoms with Crippen LogP contribution in [0.15, 0.2) is 24.3 Å². The number of rotatable bonds is 5. The molecule has 0 spiro atoms. The number of benzene rings is 1. The van der Waals surface area contributed by atoms with E-state index in [1.54, 1.807) is 0 Å². The normalized spacial score (nSPS) is 21.2. The fraction of sp³-hybridized carbons (Fsp3) is 0.611. The van der Waals surface area contributed by atoms with Crippen LogP contribution < -0.4 is 10.6 Å². The van der Waals surface area contributed by atoms with Gasteiger partial charge in [-0.05, 0) is 49.9 Å². The van der Waals surface area contributed by atoms with Gasteiger partial charge in [-0.25, -0.2) is 4.39 Å². The van der Waals surface area contributed by atoms with Crippen LogP contribution in [0.4, 0.5) is 4.39 Å². The quantitative estimate of drug-likeness (QED) is 0.810. The lowest BCUT2D eigenvalue weighted by atomic mass is 10.0. The number of halogens is 3. The Bertz CT molecular complexity index is 516. The van der Waals surface area contributed by atoms with Crippen molar-refractivity contribution >= 4 is 30.7 Å². The van der Waals surface area contributed by atoms with Crippen molar-refractivity contribution in [3.63, 3.8) is 0 Å². The predicted octanol–water partition coefficient (Wildman–Crippen LogP) is 2.89. The third-order valence-electron chi connectivity index (χ3n) is 4.87. The van der Waals surface area contributed by atoms with Gasteiger partial charge in [0.1, 0.15) is 5.82 Å². The van der Waals surface area contributed by atoms with E-state index in [-0.39, 0.29) is 36.5 Å². The van der Waals surface area contributed by atoms with Gasteiger partial charge in [-0.15, -0.1) is 24.8 Å². The first-order valence-corrected chi connectivity index (χ1v) is 8.68. The summed E-state index contributed by atoms with van der Waals surface area (Å²) in [4.78, 5) is 14.4. The molecule has 1 atom stereocenters. The second-order valence-electron chi connectivity index (χ2n) is 6.74. The lowest BCUT2D eigenvalue weighted by Crippen LogP contribution is -2.45. The molecular formula is C18H28Cl2FN3O. The van der Waals surface area contributed by atoms with Crippen molar-refractivity contribution in [1.82, 2.24) is 15.5 Å². The maximum Gasteiger partial charge on any atom is 0.221 e. The minimum absolute atomic E-state index is 0. The van der Waals surface area contributed by atoms with E-state index in [9.17, 15) is 9.18 Å². The van der Waals surface area contributed by atoms with Crippen LogP contribution in [0.5, 0.6) is 0 Å². The summed E-state index contributed by atoms with van der Waals surface area (Å²) >= 11 is 0. The summed E-state index contributed by atoms with van der Waals surface area (Å²) in [5.41, 5.74) is 1.14. The molecule has 2 aliphatic rings. The molecule has 1 unspecified atom stereocenters. The Kier molecular flexibility index (Phi) is 9.72. The number of hydrogen-bond acceptors (Lipinski definition) is 3. The Morgan fingerprint density at radius 2 is 1.84 bits per heavy atom. The van der Waals surface area contributed by atoms with E-state index in [2.05, 4.69) is 15.5 Å². The second-order valence-corrected chi connectivity index (χ2v) is 6.74. The lowest BCUT2D eigenvalue weighted by Gasteiger charge is -2.32. The van der Waals surface area contributed by atoms with Crippen molar-refractivity contribution in [3.8, 4) is 0 Å². The van der Waals surface area contributed by atoms with Crippen LogP contribution in [0.25, 0.3) is 0 Å². The van der Waals surface area contributed by atoms with Gasteiger partial charge in [0.25, 0.3) is 0 Å². The highest BCUT2D eigenvalue weighted by Gasteiger charge is 2.23. The summed E-state index contributed by atoms with van der Waals surface area (Å²) in [5, 5.41) is 6.55. The fourth-order valence-corrected chi connectivity index (χ4v) is 3.52. The largest absolute Gasteiger partial charge is 0.353 e. The molecule has 0 radical (unpaired) electrons. The topological polar surface area (TPSA) is 44.4 Å². The van der Waals surface area contributed by atoms with Gasteiger partial charge < -0.3 is 10.6 Å². The highest BCUT2D eigenvalue weighted by Crippen LogP contribution is 2.15. The maximum atomic E-state index is 12.9. The molecule has 0 aromatic heterocycles. The zero-order chi connectivity index (χ0) is 16.1. The monoisotopic (exact) mass is 391 g/mol. The van der Waals surface area contributed by atoms with Gasteiger partial charge >= 0.3 is 0 Å². The number of carbonyl (C=O) groups excluding carboxylic acids is 1. The zero-order valence-corrected chi connectivity index (χ0v) is 16.0. The molecule has 25 heavy (non-hydrogen) atoms. The van der Waals surface area contributed by atoms with Crippen LogP contribution in [-0.2, 0) is 11.3 Å². The summed E-state index contributed by atoms with van der Waals surface area (Å²) in [6.07, 6.45) is 4.88. The van der Waals surface area contributed by atoms with E-state index in [4.69, 9.17) is 0 Å². The highest BCUT2D eigenvalue weighted by atomic mass is 35.5. The van der Waals surface area contributed by atoms with Crippen LogP contribution >= 0.6 is 24.8 Å². The molecule has 142 valence electrons. The van der Waals surface area contributed by atoms with Gasteiger partial charge in [0, 0.05) is 38.1 Å². The average molecular weight is 392 g/mol. The van der Waals surface area contributed by atoms with E-state index in [0.29, 0.717) is 18.5 Å². The summed E-state index contributed by atoms with van der Waals surface area (Å²) < 4.78 is 12.9. The van der Waals surface area contributed by atoms with Gasteiger partial charge in [-0.3, -0.25) is 9.69 Å². The zero-order valence-electron chi connectivity index (χ0n) is 14.4. The number of amides is 1. The highest BCUT2D eigenvalue weighted by molar-refractivity contribution is 5.85. The SMILES string of the molecule is Cl.Cl.O=C(CC1CCCN1)NC1CCN(Cc2ccc(F)cc2)CC1. The van der Waals surface area contributed by atoms with E-state index in [1.165, 1.54) is 18.6 Å². The van der Waals surface area contributed by atoms with E-state index >= 15 is 0 Å². The van der Waals surface area contributed by atoms with Crippen molar-refractivity contribution in [2.45, 2.75) is 50.7 Å². The van der Waals surface area contributed by atoms with Gasteiger partial charge in [0.15, 0.2) is 0 Å². The number of nitrogens with one attached hydrogen (secondary N) is 2. The van der Waals surface area contributed by atoms with Gasteiger partial charge in [0.05, 0.1) is 0 Å². The Morgan fingerprint density at radius 3 is 2.44 bits per heavy atom. The fourth-order valence-electron chi connectivity index (χ4n) is 3.52. The molecule has 0 aliphatic carbocycles. The van der Waals surface area contributed by atoms with Crippen LogP contribution in [0.3, 0.4) is 0 Å². The Morgan fingerprint density at radius 1 is 1.16 bits per heavy atom. The molecule has 3 rings (SSSR count). The number of nitrogens with zero attached hydrogens (tertiary/aromatic N) is 1. The average Bonchev–Trinajstić information content (AvgIpc) is 3.04. The van der Waals surface area contributed by atoms with E-state index in [1.807, 2.05) is 12.1 Å². The molecule has 2 N–H and O–H groups in total. The third kappa shape index (κ3) is 7.10. The molecule has 7 heteroatoms. The molecule has 1 aromatic carbocycles. The smallest absolute Gasteiger partial charge is 0.221 e. The van der Waals surface area contributed by atoms with Gasteiger partial charge in [0.2, 0.25) is 5.91 Å². The first kappa shape index (κ1) is 22.2.